The number of benzene rings is 1. The number of anilines is 1. The van der Waals surface area contributed by atoms with Crippen LogP contribution in [0, 0.1) is 0 Å². The van der Waals surface area contributed by atoms with Crippen LogP contribution in [-0.4, -0.2) is 55.2 Å². The topological polar surface area (TPSA) is 54.9 Å². The minimum atomic E-state index is 0.0450. The van der Waals surface area contributed by atoms with Crippen LogP contribution in [0.3, 0.4) is 0 Å². The van der Waals surface area contributed by atoms with E-state index in [0.29, 0.717) is 55.3 Å². The lowest BCUT2D eigenvalue weighted by Gasteiger charge is -2.35. The molecule has 3 aromatic rings. The van der Waals surface area contributed by atoms with Crippen LogP contribution < -0.4 is 14.4 Å². The van der Waals surface area contributed by atoms with Gasteiger partial charge in [-0.25, -0.2) is 4.98 Å². The number of piperazine rings is 1. The summed E-state index contributed by atoms with van der Waals surface area (Å²) < 4.78 is 11.3. The Bertz CT molecular complexity index is 1130. The number of halogens is 2. The first-order valence-corrected chi connectivity index (χ1v) is 11.5. The molecule has 2 aliphatic heterocycles. The van der Waals surface area contributed by atoms with Crippen molar-refractivity contribution in [1.29, 1.82) is 0 Å². The van der Waals surface area contributed by atoms with Gasteiger partial charge in [0, 0.05) is 37.3 Å². The van der Waals surface area contributed by atoms with Gasteiger partial charge in [0.25, 0.3) is 5.91 Å². The molecule has 0 aliphatic carbocycles. The molecule has 1 saturated heterocycles. The van der Waals surface area contributed by atoms with E-state index in [0.717, 1.165) is 26.8 Å². The Morgan fingerprint density at radius 2 is 1.74 bits per heavy atom. The predicted molar refractivity (Wildman–Crippen MR) is 123 cm³/mol. The van der Waals surface area contributed by atoms with E-state index < -0.39 is 0 Å². The quantitative estimate of drug-likeness (QED) is 0.541. The Morgan fingerprint density at radius 3 is 2.52 bits per heavy atom. The maximum Gasteiger partial charge on any atom is 0.264 e. The highest BCUT2D eigenvalue weighted by Crippen LogP contribution is 2.37. The average molecular weight is 476 g/mol. The van der Waals surface area contributed by atoms with Gasteiger partial charge in [0.05, 0.1) is 14.9 Å². The second kappa shape index (κ2) is 8.57. The third-order valence-electron chi connectivity index (χ3n) is 5.30. The van der Waals surface area contributed by atoms with Crippen LogP contribution >= 0.6 is 34.5 Å². The fourth-order valence-electron chi connectivity index (χ4n) is 3.72. The molecule has 31 heavy (non-hydrogen) atoms. The Morgan fingerprint density at radius 1 is 0.968 bits per heavy atom. The molecule has 6 nitrogen and oxygen atoms in total. The zero-order chi connectivity index (χ0) is 21.4. The van der Waals surface area contributed by atoms with E-state index in [1.807, 2.05) is 35.2 Å². The summed E-state index contributed by atoms with van der Waals surface area (Å²) >= 11 is 13.7. The van der Waals surface area contributed by atoms with E-state index in [-0.39, 0.29) is 5.91 Å². The van der Waals surface area contributed by atoms with Gasteiger partial charge in [-0.1, -0.05) is 23.2 Å². The maximum atomic E-state index is 13.0. The number of fused-ring (bicyclic) bond motifs is 1. The molecular formula is C22H19Cl2N3O3S. The summed E-state index contributed by atoms with van der Waals surface area (Å²) in [5.74, 6) is 2.26. The van der Waals surface area contributed by atoms with Gasteiger partial charge >= 0.3 is 0 Å². The summed E-state index contributed by atoms with van der Waals surface area (Å²) in [6.07, 6.45) is 1.59. The second-order valence-corrected chi connectivity index (χ2v) is 9.19. The second-order valence-electron chi connectivity index (χ2n) is 7.26. The van der Waals surface area contributed by atoms with Gasteiger partial charge in [-0.05, 0) is 42.0 Å². The summed E-state index contributed by atoms with van der Waals surface area (Å²) in [4.78, 5) is 23.1. The van der Waals surface area contributed by atoms with Crippen LogP contribution in [0.15, 0.2) is 42.6 Å². The highest BCUT2D eigenvalue weighted by atomic mass is 35.5. The first kappa shape index (κ1) is 20.4. The number of hydrogen-bond donors (Lipinski definition) is 0. The van der Waals surface area contributed by atoms with Gasteiger partial charge < -0.3 is 19.3 Å². The van der Waals surface area contributed by atoms with Crippen molar-refractivity contribution in [2.45, 2.75) is 0 Å². The highest BCUT2D eigenvalue weighted by Gasteiger charge is 2.25. The number of amides is 1. The summed E-state index contributed by atoms with van der Waals surface area (Å²) in [6.45, 7) is 3.67. The molecule has 2 aromatic heterocycles. The minimum absolute atomic E-state index is 0.0450. The van der Waals surface area contributed by atoms with Crippen molar-refractivity contribution in [3.8, 4) is 21.9 Å². The number of carbonyl (C=O) groups excluding carboxylic acids is 1. The number of carbonyl (C=O) groups is 1. The molecule has 160 valence electrons. The van der Waals surface area contributed by atoms with Crippen molar-refractivity contribution in [3.05, 3.63) is 57.5 Å². The fraction of sp³-hybridized carbons (Fsp3) is 0.273. The van der Waals surface area contributed by atoms with Crippen LogP contribution in [-0.2, 0) is 0 Å². The molecule has 0 spiro atoms. The molecule has 1 aromatic carbocycles. The van der Waals surface area contributed by atoms with Gasteiger partial charge in [-0.3, -0.25) is 4.79 Å². The van der Waals surface area contributed by atoms with Crippen molar-refractivity contribution in [3.63, 3.8) is 0 Å². The smallest absolute Gasteiger partial charge is 0.264 e. The number of nitrogens with zero attached hydrogens (tertiary/aromatic N) is 3. The summed E-state index contributed by atoms with van der Waals surface area (Å²) in [7, 11) is 0. The van der Waals surface area contributed by atoms with E-state index in [1.165, 1.54) is 11.3 Å². The summed E-state index contributed by atoms with van der Waals surface area (Å²) in [5.41, 5.74) is 1.02. The molecule has 0 unspecified atom stereocenters. The Kier molecular flexibility index (Phi) is 5.65. The average Bonchev–Trinajstić information content (AvgIpc) is 3.29. The van der Waals surface area contributed by atoms with Gasteiger partial charge in [0.1, 0.15) is 19.0 Å². The van der Waals surface area contributed by atoms with E-state index >= 15 is 0 Å². The lowest BCUT2D eigenvalue weighted by Crippen LogP contribution is -2.49. The molecule has 0 bridgehead atoms. The fourth-order valence-corrected chi connectivity index (χ4v) is 5.19. The van der Waals surface area contributed by atoms with E-state index in [4.69, 9.17) is 32.7 Å². The number of rotatable bonds is 3. The SMILES string of the molecule is O=C(c1ccc(-c2ccc3c(c2)OCCO3)s1)N1CCN(c2ncc(Cl)cc2Cl)CC1. The van der Waals surface area contributed by atoms with Crippen LogP contribution in [0.1, 0.15) is 9.67 Å². The van der Waals surface area contributed by atoms with Crippen LogP contribution in [0.2, 0.25) is 10.0 Å². The zero-order valence-electron chi connectivity index (χ0n) is 16.5. The largest absolute Gasteiger partial charge is 0.486 e. The van der Waals surface area contributed by atoms with E-state index in [1.54, 1.807) is 12.3 Å². The maximum absolute atomic E-state index is 13.0. The van der Waals surface area contributed by atoms with E-state index in [2.05, 4.69) is 9.88 Å². The molecule has 4 heterocycles. The van der Waals surface area contributed by atoms with Gasteiger partial charge in [0.15, 0.2) is 11.5 Å². The first-order valence-electron chi connectivity index (χ1n) is 9.93. The number of ether oxygens (including phenoxy) is 2. The van der Waals surface area contributed by atoms with Gasteiger partial charge in [-0.2, -0.15) is 0 Å². The molecular weight excluding hydrogens is 457 g/mol. The van der Waals surface area contributed by atoms with Crippen LogP contribution in [0.25, 0.3) is 10.4 Å². The third kappa shape index (κ3) is 4.18. The predicted octanol–water partition coefficient (Wildman–Crippen LogP) is 4.85. The van der Waals surface area contributed by atoms with Crippen LogP contribution in [0.5, 0.6) is 11.5 Å². The zero-order valence-corrected chi connectivity index (χ0v) is 18.8. The molecule has 5 rings (SSSR count). The highest BCUT2D eigenvalue weighted by molar-refractivity contribution is 7.17. The molecule has 0 saturated carbocycles. The number of thiophene rings is 1. The number of hydrogen-bond acceptors (Lipinski definition) is 6. The van der Waals surface area contributed by atoms with Crippen molar-refractivity contribution >= 4 is 46.3 Å². The monoisotopic (exact) mass is 475 g/mol. The Balaban J connectivity index is 1.26. The molecule has 1 amide bonds. The molecule has 1 fully saturated rings. The van der Waals surface area contributed by atoms with Gasteiger partial charge in [-0.15, -0.1) is 11.3 Å². The van der Waals surface area contributed by atoms with Crippen LogP contribution in [0.4, 0.5) is 5.82 Å². The first-order chi connectivity index (χ1) is 15.1. The lowest BCUT2D eigenvalue weighted by molar-refractivity contribution is 0.0751. The normalized spacial score (nSPS) is 15.8. The Labute approximate surface area is 193 Å². The Hall–Kier alpha value is -2.48. The van der Waals surface area contributed by atoms with E-state index in [9.17, 15) is 4.79 Å². The third-order valence-corrected chi connectivity index (χ3v) is 6.91. The molecule has 0 atom stereocenters. The number of pyridine rings is 1. The van der Waals surface area contributed by atoms with Crippen molar-refractivity contribution in [2.75, 3.05) is 44.3 Å². The van der Waals surface area contributed by atoms with Crippen molar-refractivity contribution < 1.29 is 14.3 Å². The van der Waals surface area contributed by atoms with Gasteiger partial charge in [0.2, 0.25) is 0 Å². The molecule has 0 radical (unpaired) electrons. The number of aromatic nitrogens is 1. The lowest BCUT2D eigenvalue weighted by atomic mass is 10.1. The standard InChI is InChI=1S/C22H19Cl2N3O3S/c23-15-12-16(24)21(25-13-15)26-5-7-27(8-6-26)22(28)20-4-3-19(31-20)14-1-2-17-18(11-14)30-10-9-29-17/h1-4,11-13H,5-10H2. The summed E-state index contributed by atoms with van der Waals surface area (Å²) in [5, 5.41) is 1.03. The minimum Gasteiger partial charge on any atom is -0.486 e. The van der Waals surface area contributed by atoms with Crippen molar-refractivity contribution in [2.24, 2.45) is 0 Å². The molecule has 9 heteroatoms. The molecule has 2 aliphatic rings. The summed E-state index contributed by atoms with van der Waals surface area (Å²) in [6, 6.07) is 11.4. The molecule has 0 N–H and O–H groups in total. The van der Waals surface area contributed by atoms with Crippen molar-refractivity contribution in [1.82, 2.24) is 9.88 Å².